The molecule has 0 bridgehead atoms. The van der Waals surface area contributed by atoms with Gasteiger partial charge in [0.15, 0.2) is 0 Å². The number of piperidine rings is 1. The van der Waals surface area contributed by atoms with Crippen molar-refractivity contribution < 1.29 is 9.59 Å². The summed E-state index contributed by atoms with van der Waals surface area (Å²) in [5.41, 5.74) is 2.47. The van der Waals surface area contributed by atoms with Crippen molar-refractivity contribution in [3.63, 3.8) is 0 Å². The average Bonchev–Trinajstić information content (AvgIpc) is 3.35. The number of hydrogen-bond acceptors (Lipinski definition) is 4. The number of amides is 2. The summed E-state index contributed by atoms with van der Waals surface area (Å²) in [6.07, 6.45) is 15.1. The Labute approximate surface area is 189 Å². The molecule has 7 nitrogen and oxygen atoms in total. The number of imidazole rings is 1. The Hall–Kier alpha value is -2.96. The molecular weight excluding hydrogens is 402 g/mol. The fraction of sp³-hybridized carbons (Fsp3) is 0.520. The second-order valence-corrected chi connectivity index (χ2v) is 8.88. The Balaban J connectivity index is 1.34. The summed E-state index contributed by atoms with van der Waals surface area (Å²) >= 11 is 0. The minimum Gasteiger partial charge on any atom is -0.352 e. The van der Waals surface area contributed by atoms with Gasteiger partial charge in [-0.2, -0.15) is 0 Å². The maximum atomic E-state index is 12.9. The van der Waals surface area contributed by atoms with Gasteiger partial charge in [0, 0.05) is 56.1 Å². The van der Waals surface area contributed by atoms with Crippen molar-refractivity contribution in [2.75, 3.05) is 19.6 Å². The molecule has 3 heterocycles. The van der Waals surface area contributed by atoms with Crippen molar-refractivity contribution in [2.45, 2.75) is 57.9 Å². The number of aromatic nitrogens is 3. The van der Waals surface area contributed by atoms with E-state index in [4.69, 9.17) is 4.98 Å². The molecule has 2 aliphatic rings. The van der Waals surface area contributed by atoms with Gasteiger partial charge >= 0.3 is 0 Å². The zero-order chi connectivity index (χ0) is 22.3. The van der Waals surface area contributed by atoms with Gasteiger partial charge in [-0.25, -0.2) is 4.98 Å². The summed E-state index contributed by atoms with van der Waals surface area (Å²) in [4.78, 5) is 36.6. The van der Waals surface area contributed by atoms with Gasteiger partial charge in [0.25, 0.3) is 5.91 Å². The first-order valence-electron chi connectivity index (χ1n) is 11.8. The molecule has 0 aromatic carbocycles. The Bertz CT molecular complexity index is 945. The van der Waals surface area contributed by atoms with E-state index in [0.717, 1.165) is 69.5 Å². The molecule has 1 aliphatic heterocycles. The lowest BCUT2D eigenvalue weighted by Gasteiger charge is -2.35. The molecule has 1 aliphatic carbocycles. The SMILES string of the molecule is Cc1ccc(C(=O)NCCCn2ccnc2)c(C2CCN(C(=O)C3CC=CCC3)CC2)n1. The van der Waals surface area contributed by atoms with Gasteiger partial charge < -0.3 is 14.8 Å². The van der Waals surface area contributed by atoms with Crippen molar-refractivity contribution in [1.29, 1.82) is 0 Å². The van der Waals surface area contributed by atoms with Gasteiger partial charge in [-0.05, 0) is 57.6 Å². The van der Waals surface area contributed by atoms with Crippen LogP contribution in [0, 0.1) is 12.8 Å². The van der Waals surface area contributed by atoms with Crippen LogP contribution in [0.25, 0.3) is 0 Å². The molecule has 7 heteroatoms. The molecule has 2 aromatic heterocycles. The zero-order valence-electron chi connectivity index (χ0n) is 18.9. The molecule has 0 radical (unpaired) electrons. The van der Waals surface area contributed by atoms with Gasteiger partial charge in [0.05, 0.1) is 17.6 Å². The fourth-order valence-electron chi connectivity index (χ4n) is 4.71. The van der Waals surface area contributed by atoms with Crippen LogP contribution >= 0.6 is 0 Å². The van der Waals surface area contributed by atoms with E-state index in [0.29, 0.717) is 18.0 Å². The Morgan fingerprint density at radius 1 is 1.16 bits per heavy atom. The van der Waals surface area contributed by atoms with E-state index in [2.05, 4.69) is 22.5 Å². The number of pyridine rings is 1. The van der Waals surface area contributed by atoms with Crippen LogP contribution in [0.4, 0.5) is 0 Å². The van der Waals surface area contributed by atoms with Crippen molar-refractivity contribution in [2.24, 2.45) is 5.92 Å². The van der Waals surface area contributed by atoms with Crippen LogP contribution in [-0.4, -0.2) is 50.9 Å². The van der Waals surface area contributed by atoms with Crippen LogP contribution in [0.2, 0.25) is 0 Å². The molecular formula is C25H33N5O2. The van der Waals surface area contributed by atoms with Crippen molar-refractivity contribution in [3.8, 4) is 0 Å². The number of likely N-dealkylation sites (tertiary alicyclic amines) is 1. The third-order valence-electron chi connectivity index (χ3n) is 6.56. The predicted octanol–water partition coefficient (Wildman–Crippen LogP) is 3.47. The highest BCUT2D eigenvalue weighted by Crippen LogP contribution is 2.31. The average molecular weight is 436 g/mol. The number of nitrogens with one attached hydrogen (secondary N) is 1. The molecule has 0 saturated carbocycles. The summed E-state index contributed by atoms with van der Waals surface area (Å²) in [6.45, 7) is 4.87. The van der Waals surface area contributed by atoms with Crippen LogP contribution in [0.15, 0.2) is 43.0 Å². The summed E-state index contributed by atoms with van der Waals surface area (Å²) in [5.74, 6) is 0.570. The molecule has 1 N–H and O–H groups in total. The van der Waals surface area contributed by atoms with Crippen molar-refractivity contribution in [1.82, 2.24) is 24.8 Å². The second-order valence-electron chi connectivity index (χ2n) is 8.88. The first-order valence-corrected chi connectivity index (χ1v) is 11.8. The van der Waals surface area contributed by atoms with Crippen LogP contribution in [0.1, 0.15) is 66.2 Å². The monoisotopic (exact) mass is 435 g/mol. The van der Waals surface area contributed by atoms with Gasteiger partial charge in [-0.3, -0.25) is 14.6 Å². The molecule has 32 heavy (non-hydrogen) atoms. The zero-order valence-corrected chi connectivity index (χ0v) is 18.9. The number of carbonyl (C=O) groups excluding carboxylic acids is 2. The van der Waals surface area contributed by atoms with E-state index in [1.807, 2.05) is 34.7 Å². The van der Waals surface area contributed by atoms with E-state index in [1.54, 1.807) is 12.5 Å². The van der Waals surface area contributed by atoms with Crippen LogP contribution < -0.4 is 5.32 Å². The van der Waals surface area contributed by atoms with Gasteiger partial charge in [-0.1, -0.05) is 12.2 Å². The Morgan fingerprint density at radius 2 is 2.00 bits per heavy atom. The van der Waals surface area contributed by atoms with Crippen molar-refractivity contribution in [3.05, 3.63) is 60.0 Å². The minimum atomic E-state index is -0.0642. The normalized spacial score (nSPS) is 19.2. The number of aryl methyl sites for hydroxylation is 2. The number of carbonyl (C=O) groups is 2. The topological polar surface area (TPSA) is 80.1 Å². The summed E-state index contributed by atoms with van der Waals surface area (Å²) < 4.78 is 2.00. The van der Waals surface area contributed by atoms with E-state index < -0.39 is 0 Å². The number of allylic oxidation sites excluding steroid dienone is 2. The number of rotatable bonds is 7. The second kappa shape index (κ2) is 10.6. The molecule has 1 fully saturated rings. The predicted molar refractivity (Wildman–Crippen MR) is 123 cm³/mol. The fourth-order valence-corrected chi connectivity index (χ4v) is 4.71. The Morgan fingerprint density at radius 3 is 2.72 bits per heavy atom. The highest BCUT2D eigenvalue weighted by atomic mass is 16.2. The minimum absolute atomic E-state index is 0.0642. The number of hydrogen-bond donors (Lipinski definition) is 1. The molecule has 1 saturated heterocycles. The maximum Gasteiger partial charge on any atom is 0.253 e. The summed E-state index contributed by atoms with van der Waals surface area (Å²) in [7, 11) is 0. The van der Waals surface area contributed by atoms with E-state index >= 15 is 0 Å². The van der Waals surface area contributed by atoms with E-state index in [-0.39, 0.29) is 17.7 Å². The van der Waals surface area contributed by atoms with Crippen LogP contribution in [0.5, 0.6) is 0 Å². The standard InChI is InChI=1S/C25H33N5O2/c1-19-8-9-22(24(31)27-12-5-14-29-17-13-26-18-29)23(28-19)20-10-15-30(16-11-20)25(32)21-6-3-2-4-7-21/h2-3,8-9,13,17-18,20-21H,4-7,10-12,14-16H2,1H3,(H,27,31). The molecule has 2 amide bonds. The third-order valence-corrected chi connectivity index (χ3v) is 6.56. The lowest BCUT2D eigenvalue weighted by atomic mass is 9.88. The van der Waals surface area contributed by atoms with Gasteiger partial charge in [0.1, 0.15) is 0 Å². The first-order chi connectivity index (χ1) is 15.6. The largest absolute Gasteiger partial charge is 0.352 e. The molecule has 2 aromatic rings. The van der Waals surface area contributed by atoms with Crippen molar-refractivity contribution >= 4 is 11.8 Å². The van der Waals surface area contributed by atoms with E-state index in [1.165, 1.54) is 0 Å². The highest BCUT2D eigenvalue weighted by Gasteiger charge is 2.30. The molecule has 1 unspecified atom stereocenters. The summed E-state index contributed by atoms with van der Waals surface area (Å²) in [5, 5.41) is 3.05. The molecule has 4 rings (SSSR count). The van der Waals surface area contributed by atoms with Crippen LogP contribution in [0.3, 0.4) is 0 Å². The van der Waals surface area contributed by atoms with Crippen LogP contribution in [-0.2, 0) is 11.3 Å². The third kappa shape index (κ3) is 5.44. The maximum absolute atomic E-state index is 12.9. The van der Waals surface area contributed by atoms with Gasteiger partial charge in [0.2, 0.25) is 5.91 Å². The lowest BCUT2D eigenvalue weighted by Crippen LogP contribution is -2.42. The quantitative estimate of drug-likeness (QED) is 0.533. The summed E-state index contributed by atoms with van der Waals surface area (Å²) in [6, 6.07) is 3.80. The molecule has 1 atom stereocenters. The Kier molecular flexibility index (Phi) is 7.35. The number of nitrogens with zero attached hydrogens (tertiary/aromatic N) is 4. The molecule has 170 valence electrons. The van der Waals surface area contributed by atoms with E-state index in [9.17, 15) is 9.59 Å². The lowest BCUT2D eigenvalue weighted by molar-refractivity contribution is -0.136. The van der Waals surface area contributed by atoms with Gasteiger partial charge in [-0.15, -0.1) is 0 Å². The smallest absolute Gasteiger partial charge is 0.253 e. The first kappa shape index (κ1) is 22.2. The highest BCUT2D eigenvalue weighted by molar-refractivity contribution is 5.95. The molecule has 0 spiro atoms.